The summed E-state index contributed by atoms with van der Waals surface area (Å²) in [4.78, 5) is 0. The van der Waals surface area contributed by atoms with E-state index in [9.17, 15) is 0 Å². The zero-order valence-corrected chi connectivity index (χ0v) is 10.7. The minimum atomic E-state index is 0.889. The molecule has 0 aromatic heterocycles. The molecule has 0 N–H and O–H groups in total. The zero-order chi connectivity index (χ0) is 10.7. The van der Waals surface area contributed by atoms with Crippen LogP contribution in [0.3, 0.4) is 0 Å². The molecule has 1 rings (SSSR count). The van der Waals surface area contributed by atoms with Gasteiger partial charge in [0.25, 0.3) is 0 Å². The minimum absolute atomic E-state index is 0.889. The Kier molecular flexibility index (Phi) is 3.94. The standard InChI is InChI=1S/C13H17Br/c1-9-5-11(3)13(12(4)6-9)7-10(2)8-14/h5-6H,2,7-8H2,1,3-4H3. The Morgan fingerprint density at radius 1 is 1.21 bits per heavy atom. The summed E-state index contributed by atoms with van der Waals surface area (Å²) in [6.07, 6.45) is 0.989. The molecule has 0 unspecified atom stereocenters. The molecule has 1 aromatic rings. The van der Waals surface area contributed by atoms with Crippen molar-refractivity contribution in [2.75, 3.05) is 5.33 Å². The van der Waals surface area contributed by atoms with Gasteiger partial charge in [-0.1, -0.05) is 45.8 Å². The van der Waals surface area contributed by atoms with Gasteiger partial charge in [-0.15, -0.1) is 0 Å². The molecule has 0 atom stereocenters. The van der Waals surface area contributed by atoms with Gasteiger partial charge in [0.05, 0.1) is 0 Å². The quantitative estimate of drug-likeness (QED) is 0.561. The third-order valence-electron chi connectivity index (χ3n) is 2.46. The van der Waals surface area contributed by atoms with Gasteiger partial charge >= 0.3 is 0 Å². The summed E-state index contributed by atoms with van der Waals surface area (Å²) in [7, 11) is 0. The summed E-state index contributed by atoms with van der Waals surface area (Å²) in [6, 6.07) is 4.48. The molecular weight excluding hydrogens is 236 g/mol. The van der Waals surface area contributed by atoms with E-state index in [-0.39, 0.29) is 0 Å². The van der Waals surface area contributed by atoms with Crippen LogP contribution in [-0.4, -0.2) is 5.33 Å². The van der Waals surface area contributed by atoms with Crippen molar-refractivity contribution in [2.45, 2.75) is 27.2 Å². The lowest BCUT2D eigenvalue weighted by Crippen LogP contribution is -1.97. The number of allylic oxidation sites excluding steroid dienone is 1. The summed E-state index contributed by atoms with van der Waals surface area (Å²) in [5, 5.41) is 0.889. The number of rotatable bonds is 3. The van der Waals surface area contributed by atoms with Crippen LogP contribution in [0.2, 0.25) is 0 Å². The van der Waals surface area contributed by atoms with Gasteiger partial charge in [0, 0.05) is 5.33 Å². The second-order valence-electron chi connectivity index (χ2n) is 3.94. The second-order valence-corrected chi connectivity index (χ2v) is 4.50. The Morgan fingerprint density at radius 3 is 2.14 bits per heavy atom. The largest absolute Gasteiger partial charge is 0.0987 e. The average molecular weight is 253 g/mol. The molecule has 0 aliphatic heterocycles. The highest BCUT2D eigenvalue weighted by atomic mass is 79.9. The van der Waals surface area contributed by atoms with Gasteiger partial charge in [0.1, 0.15) is 0 Å². The van der Waals surface area contributed by atoms with Gasteiger partial charge in [-0.05, 0) is 43.9 Å². The van der Waals surface area contributed by atoms with E-state index < -0.39 is 0 Å². The number of benzene rings is 1. The van der Waals surface area contributed by atoms with Crippen molar-refractivity contribution in [3.05, 3.63) is 46.5 Å². The van der Waals surface area contributed by atoms with Crippen LogP contribution in [0.1, 0.15) is 22.3 Å². The molecular formula is C13H17Br. The molecule has 0 amide bonds. The van der Waals surface area contributed by atoms with Crippen molar-refractivity contribution in [3.63, 3.8) is 0 Å². The monoisotopic (exact) mass is 252 g/mol. The third kappa shape index (κ3) is 2.71. The summed E-state index contributed by atoms with van der Waals surface area (Å²) < 4.78 is 0. The van der Waals surface area contributed by atoms with Gasteiger partial charge in [0.2, 0.25) is 0 Å². The summed E-state index contributed by atoms with van der Waals surface area (Å²) in [5.41, 5.74) is 6.77. The first-order valence-electron chi connectivity index (χ1n) is 4.84. The van der Waals surface area contributed by atoms with Crippen LogP contribution < -0.4 is 0 Å². The highest BCUT2D eigenvalue weighted by Gasteiger charge is 2.04. The van der Waals surface area contributed by atoms with Gasteiger partial charge in [0.15, 0.2) is 0 Å². The van der Waals surface area contributed by atoms with Gasteiger partial charge in [-0.2, -0.15) is 0 Å². The van der Waals surface area contributed by atoms with Crippen molar-refractivity contribution < 1.29 is 0 Å². The van der Waals surface area contributed by atoms with Gasteiger partial charge in [-0.25, -0.2) is 0 Å². The molecule has 1 aromatic carbocycles. The van der Waals surface area contributed by atoms with Crippen LogP contribution in [0, 0.1) is 20.8 Å². The van der Waals surface area contributed by atoms with Crippen molar-refractivity contribution in [2.24, 2.45) is 0 Å². The maximum absolute atomic E-state index is 4.03. The lowest BCUT2D eigenvalue weighted by molar-refractivity contribution is 1.10. The first kappa shape index (κ1) is 11.5. The van der Waals surface area contributed by atoms with E-state index in [0.717, 1.165) is 11.8 Å². The molecule has 0 saturated heterocycles. The Morgan fingerprint density at radius 2 is 1.71 bits per heavy atom. The van der Waals surface area contributed by atoms with Crippen LogP contribution in [0.4, 0.5) is 0 Å². The molecule has 0 nitrogen and oxygen atoms in total. The Hall–Kier alpha value is -0.560. The normalized spacial score (nSPS) is 10.3. The molecule has 1 heteroatoms. The van der Waals surface area contributed by atoms with Crippen molar-refractivity contribution in [3.8, 4) is 0 Å². The molecule has 0 aliphatic rings. The average Bonchev–Trinajstić information content (AvgIpc) is 2.10. The van der Waals surface area contributed by atoms with Crippen molar-refractivity contribution in [1.82, 2.24) is 0 Å². The van der Waals surface area contributed by atoms with E-state index in [1.807, 2.05) is 0 Å². The number of aryl methyl sites for hydroxylation is 3. The topological polar surface area (TPSA) is 0 Å². The highest BCUT2D eigenvalue weighted by Crippen LogP contribution is 2.19. The molecule has 0 aliphatic carbocycles. The maximum Gasteiger partial charge on any atom is 0.0242 e. The molecule has 14 heavy (non-hydrogen) atoms. The lowest BCUT2D eigenvalue weighted by atomic mass is 9.95. The highest BCUT2D eigenvalue weighted by molar-refractivity contribution is 9.09. The smallest absolute Gasteiger partial charge is 0.0242 e. The number of hydrogen-bond acceptors (Lipinski definition) is 0. The SMILES string of the molecule is C=C(CBr)Cc1c(C)cc(C)cc1C. The van der Waals surface area contributed by atoms with E-state index in [0.29, 0.717) is 0 Å². The van der Waals surface area contributed by atoms with Crippen LogP contribution in [0.5, 0.6) is 0 Å². The third-order valence-corrected chi connectivity index (χ3v) is 3.25. The Bertz CT molecular complexity index is 327. The fourth-order valence-corrected chi connectivity index (χ4v) is 1.98. The zero-order valence-electron chi connectivity index (χ0n) is 9.15. The lowest BCUT2D eigenvalue weighted by Gasteiger charge is -2.11. The predicted molar refractivity (Wildman–Crippen MR) is 67.3 cm³/mol. The van der Waals surface area contributed by atoms with Crippen LogP contribution in [-0.2, 0) is 6.42 Å². The number of halogens is 1. The van der Waals surface area contributed by atoms with Crippen molar-refractivity contribution in [1.29, 1.82) is 0 Å². The summed E-state index contributed by atoms with van der Waals surface area (Å²) >= 11 is 3.44. The number of alkyl halides is 1. The van der Waals surface area contributed by atoms with Crippen LogP contribution in [0.15, 0.2) is 24.3 Å². The van der Waals surface area contributed by atoms with Crippen molar-refractivity contribution >= 4 is 15.9 Å². The van der Waals surface area contributed by atoms with E-state index in [2.05, 4.69) is 55.4 Å². The fourth-order valence-electron chi connectivity index (χ4n) is 1.79. The number of hydrogen-bond donors (Lipinski definition) is 0. The Balaban J connectivity index is 3.02. The van der Waals surface area contributed by atoms with Crippen LogP contribution >= 0.6 is 15.9 Å². The van der Waals surface area contributed by atoms with Crippen LogP contribution in [0.25, 0.3) is 0 Å². The minimum Gasteiger partial charge on any atom is -0.0987 e. The molecule has 0 spiro atoms. The molecule has 0 bridgehead atoms. The molecule has 0 radical (unpaired) electrons. The van der Waals surface area contributed by atoms with E-state index in [1.165, 1.54) is 27.8 Å². The Labute approximate surface area is 95.2 Å². The first-order chi connectivity index (χ1) is 6.54. The van der Waals surface area contributed by atoms with Gasteiger partial charge in [-0.3, -0.25) is 0 Å². The van der Waals surface area contributed by atoms with E-state index >= 15 is 0 Å². The molecule has 0 saturated carbocycles. The maximum atomic E-state index is 4.03. The predicted octanol–water partition coefficient (Wildman–Crippen LogP) is 4.11. The molecule has 0 fully saturated rings. The summed E-state index contributed by atoms with van der Waals surface area (Å²) in [5.74, 6) is 0. The van der Waals surface area contributed by atoms with E-state index in [1.54, 1.807) is 0 Å². The molecule has 76 valence electrons. The second kappa shape index (κ2) is 4.79. The fraction of sp³-hybridized carbons (Fsp3) is 0.385. The van der Waals surface area contributed by atoms with Gasteiger partial charge < -0.3 is 0 Å². The first-order valence-corrected chi connectivity index (χ1v) is 5.96. The van der Waals surface area contributed by atoms with E-state index in [4.69, 9.17) is 0 Å². The summed E-state index contributed by atoms with van der Waals surface area (Å²) in [6.45, 7) is 10.5. The molecule has 0 heterocycles.